The minimum absolute atomic E-state index is 0.293. The number of sulfonamides is 1. The molecule has 3 N–H and O–H groups in total. The molecular weight excluding hydrogens is 272 g/mol. The monoisotopic (exact) mass is 290 g/mol. The number of aryl methyl sites for hydroxylation is 2. The predicted octanol–water partition coefficient (Wildman–Crippen LogP) is 2.56. The van der Waals surface area contributed by atoms with Crippen molar-refractivity contribution in [2.24, 2.45) is 5.73 Å². The highest BCUT2D eigenvalue weighted by Crippen LogP contribution is 2.20. The Morgan fingerprint density at radius 1 is 1.10 bits per heavy atom. The van der Waals surface area contributed by atoms with E-state index in [4.69, 9.17) is 5.73 Å². The zero-order valence-corrected chi connectivity index (χ0v) is 12.4. The van der Waals surface area contributed by atoms with Crippen LogP contribution in [0.25, 0.3) is 0 Å². The van der Waals surface area contributed by atoms with Gasteiger partial charge in [-0.25, -0.2) is 8.42 Å². The molecule has 4 nitrogen and oxygen atoms in total. The number of anilines is 1. The SMILES string of the molecule is Cc1ccc(S(=O)(=O)Nc2cccc(CN)c2)c(C)c1. The van der Waals surface area contributed by atoms with Crippen molar-refractivity contribution in [3.63, 3.8) is 0 Å². The molecule has 5 heteroatoms. The number of hydrogen-bond acceptors (Lipinski definition) is 3. The minimum atomic E-state index is -3.58. The Bertz CT molecular complexity index is 724. The van der Waals surface area contributed by atoms with E-state index in [-0.39, 0.29) is 0 Å². The van der Waals surface area contributed by atoms with Crippen LogP contribution < -0.4 is 10.5 Å². The molecule has 0 fully saturated rings. The normalized spacial score (nSPS) is 11.3. The molecule has 0 aliphatic rings. The number of benzene rings is 2. The smallest absolute Gasteiger partial charge is 0.262 e. The van der Waals surface area contributed by atoms with Crippen molar-refractivity contribution in [1.29, 1.82) is 0 Å². The van der Waals surface area contributed by atoms with Gasteiger partial charge in [0.1, 0.15) is 0 Å². The van der Waals surface area contributed by atoms with Gasteiger partial charge in [-0.1, -0.05) is 29.8 Å². The molecule has 0 aromatic heterocycles. The predicted molar refractivity (Wildman–Crippen MR) is 81.1 cm³/mol. The van der Waals surface area contributed by atoms with Crippen LogP contribution in [0.2, 0.25) is 0 Å². The molecule has 2 aromatic carbocycles. The fourth-order valence-corrected chi connectivity index (χ4v) is 3.35. The van der Waals surface area contributed by atoms with Crippen molar-refractivity contribution >= 4 is 15.7 Å². The molecule has 0 saturated carbocycles. The molecule has 2 rings (SSSR count). The van der Waals surface area contributed by atoms with Gasteiger partial charge >= 0.3 is 0 Å². The van der Waals surface area contributed by atoms with E-state index >= 15 is 0 Å². The summed E-state index contributed by atoms with van der Waals surface area (Å²) >= 11 is 0. The Balaban J connectivity index is 2.35. The Labute approximate surface area is 119 Å². The van der Waals surface area contributed by atoms with Crippen molar-refractivity contribution < 1.29 is 8.42 Å². The first-order valence-corrected chi connectivity index (χ1v) is 7.80. The Hall–Kier alpha value is -1.85. The van der Waals surface area contributed by atoms with E-state index in [9.17, 15) is 8.42 Å². The van der Waals surface area contributed by atoms with Crippen LogP contribution in [-0.2, 0) is 16.6 Å². The summed E-state index contributed by atoms with van der Waals surface area (Å²) in [5, 5.41) is 0. The van der Waals surface area contributed by atoms with Gasteiger partial charge in [0.15, 0.2) is 0 Å². The van der Waals surface area contributed by atoms with Crippen molar-refractivity contribution in [2.45, 2.75) is 25.3 Å². The first kappa shape index (κ1) is 14.6. The van der Waals surface area contributed by atoms with Crippen molar-refractivity contribution in [3.05, 3.63) is 59.2 Å². The van der Waals surface area contributed by atoms with E-state index in [1.165, 1.54) is 0 Å². The van der Waals surface area contributed by atoms with Gasteiger partial charge in [0.05, 0.1) is 4.90 Å². The second kappa shape index (κ2) is 5.64. The zero-order valence-electron chi connectivity index (χ0n) is 11.6. The molecule has 0 aliphatic heterocycles. The average molecular weight is 290 g/mol. The van der Waals surface area contributed by atoms with Crippen molar-refractivity contribution in [2.75, 3.05) is 4.72 Å². The largest absolute Gasteiger partial charge is 0.326 e. The first-order chi connectivity index (χ1) is 9.42. The summed E-state index contributed by atoms with van der Waals surface area (Å²) in [6.45, 7) is 4.10. The van der Waals surface area contributed by atoms with Crippen LogP contribution in [0.5, 0.6) is 0 Å². The lowest BCUT2D eigenvalue weighted by atomic mass is 10.2. The fourth-order valence-electron chi connectivity index (χ4n) is 2.07. The average Bonchev–Trinajstić information content (AvgIpc) is 2.37. The van der Waals surface area contributed by atoms with Gasteiger partial charge in [-0.2, -0.15) is 0 Å². The number of nitrogens with two attached hydrogens (primary N) is 1. The Morgan fingerprint density at radius 3 is 2.50 bits per heavy atom. The quantitative estimate of drug-likeness (QED) is 0.909. The Kier molecular flexibility index (Phi) is 4.11. The standard InChI is InChI=1S/C15H18N2O2S/c1-11-6-7-15(12(2)8-11)20(18,19)17-14-5-3-4-13(9-14)10-16/h3-9,17H,10,16H2,1-2H3. The molecule has 0 radical (unpaired) electrons. The first-order valence-electron chi connectivity index (χ1n) is 6.31. The summed E-state index contributed by atoms with van der Waals surface area (Å²) in [4.78, 5) is 0.293. The van der Waals surface area contributed by atoms with Gasteiger partial charge in [0.25, 0.3) is 10.0 Å². The highest BCUT2D eigenvalue weighted by atomic mass is 32.2. The van der Waals surface area contributed by atoms with Gasteiger partial charge in [0.2, 0.25) is 0 Å². The summed E-state index contributed by atoms with van der Waals surface area (Å²) < 4.78 is 27.4. The van der Waals surface area contributed by atoms with E-state index in [0.29, 0.717) is 17.1 Å². The third kappa shape index (κ3) is 3.18. The second-order valence-electron chi connectivity index (χ2n) is 4.78. The van der Waals surface area contributed by atoms with Gasteiger partial charge < -0.3 is 5.73 Å². The third-order valence-electron chi connectivity index (χ3n) is 3.03. The number of nitrogens with one attached hydrogen (secondary N) is 1. The number of rotatable bonds is 4. The Morgan fingerprint density at radius 2 is 1.85 bits per heavy atom. The second-order valence-corrected chi connectivity index (χ2v) is 6.43. The lowest BCUT2D eigenvalue weighted by molar-refractivity contribution is 0.600. The molecule has 0 bridgehead atoms. The minimum Gasteiger partial charge on any atom is -0.326 e. The van der Waals surface area contributed by atoms with Gasteiger partial charge in [-0.05, 0) is 43.2 Å². The maximum Gasteiger partial charge on any atom is 0.262 e. The molecule has 0 atom stereocenters. The van der Waals surface area contributed by atoms with Crippen LogP contribution in [0.1, 0.15) is 16.7 Å². The van der Waals surface area contributed by atoms with E-state index in [2.05, 4.69) is 4.72 Å². The molecule has 20 heavy (non-hydrogen) atoms. The van der Waals surface area contributed by atoms with Crippen molar-refractivity contribution in [3.8, 4) is 0 Å². The highest BCUT2D eigenvalue weighted by molar-refractivity contribution is 7.92. The van der Waals surface area contributed by atoms with E-state index in [0.717, 1.165) is 16.7 Å². The van der Waals surface area contributed by atoms with Crippen LogP contribution in [0, 0.1) is 13.8 Å². The molecule has 0 heterocycles. The molecule has 0 saturated heterocycles. The summed E-state index contributed by atoms with van der Waals surface area (Å²) in [5.41, 5.74) is 8.72. The molecule has 0 amide bonds. The van der Waals surface area contributed by atoms with Gasteiger partial charge in [0, 0.05) is 12.2 Å². The van der Waals surface area contributed by atoms with Gasteiger partial charge in [-0.15, -0.1) is 0 Å². The molecule has 106 valence electrons. The van der Waals surface area contributed by atoms with E-state index in [1.54, 1.807) is 37.3 Å². The van der Waals surface area contributed by atoms with Crippen LogP contribution in [0.15, 0.2) is 47.4 Å². The fraction of sp³-hybridized carbons (Fsp3) is 0.200. The van der Waals surface area contributed by atoms with Gasteiger partial charge in [-0.3, -0.25) is 4.72 Å². The van der Waals surface area contributed by atoms with Crippen LogP contribution >= 0.6 is 0 Å². The lowest BCUT2D eigenvalue weighted by Gasteiger charge is -2.11. The molecule has 0 aliphatic carbocycles. The van der Waals surface area contributed by atoms with Crippen LogP contribution in [0.3, 0.4) is 0 Å². The molecule has 2 aromatic rings. The van der Waals surface area contributed by atoms with Crippen LogP contribution in [-0.4, -0.2) is 8.42 Å². The maximum atomic E-state index is 12.4. The number of hydrogen-bond donors (Lipinski definition) is 2. The summed E-state index contributed by atoms with van der Waals surface area (Å²) in [7, 11) is -3.58. The zero-order chi connectivity index (χ0) is 14.8. The molecule has 0 spiro atoms. The van der Waals surface area contributed by atoms with Crippen molar-refractivity contribution in [1.82, 2.24) is 0 Å². The summed E-state index contributed by atoms with van der Waals surface area (Å²) in [5.74, 6) is 0. The lowest BCUT2D eigenvalue weighted by Crippen LogP contribution is -2.14. The topological polar surface area (TPSA) is 72.2 Å². The van der Waals surface area contributed by atoms with E-state index < -0.39 is 10.0 Å². The highest BCUT2D eigenvalue weighted by Gasteiger charge is 2.16. The molecular formula is C15H18N2O2S. The summed E-state index contributed by atoms with van der Waals surface area (Å²) in [6.07, 6.45) is 0. The maximum absolute atomic E-state index is 12.4. The van der Waals surface area contributed by atoms with Crippen LogP contribution in [0.4, 0.5) is 5.69 Å². The molecule has 0 unspecified atom stereocenters. The third-order valence-corrected chi connectivity index (χ3v) is 4.58. The summed E-state index contributed by atoms with van der Waals surface area (Å²) in [6, 6.07) is 12.3. The van der Waals surface area contributed by atoms with E-state index in [1.807, 2.05) is 19.1 Å².